The van der Waals surface area contributed by atoms with Crippen molar-refractivity contribution in [3.8, 4) is 5.75 Å². The van der Waals surface area contributed by atoms with Crippen molar-refractivity contribution in [1.29, 1.82) is 0 Å². The molecule has 120 valence electrons. The summed E-state index contributed by atoms with van der Waals surface area (Å²) in [4.78, 5) is 23.0. The van der Waals surface area contributed by atoms with Crippen molar-refractivity contribution in [3.05, 3.63) is 54.4 Å². The van der Waals surface area contributed by atoms with Crippen LogP contribution in [0.1, 0.15) is 10.4 Å². The number of ether oxygens (including phenoxy) is 1. The second-order valence-electron chi connectivity index (χ2n) is 4.58. The van der Waals surface area contributed by atoms with Gasteiger partial charge in [0.15, 0.2) is 12.4 Å². The van der Waals surface area contributed by atoms with E-state index < -0.39 is 12.5 Å². The summed E-state index contributed by atoms with van der Waals surface area (Å²) >= 11 is 0. The Morgan fingerprint density at radius 2 is 1.91 bits per heavy atom. The molecule has 0 saturated carbocycles. The van der Waals surface area contributed by atoms with Gasteiger partial charge in [0, 0.05) is 11.8 Å². The Balaban J connectivity index is 1.96. The first-order valence-electron chi connectivity index (χ1n) is 6.57. The van der Waals surface area contributed by atoms with Crippen LogP contribution in [-0.2, 0) is 11.3 Å². The van der Waals surface area contributed by atoms with E-state index in [0.717, 1.165) is 0 Å². The maximum Gasteiger partial charge on any atom is 0.387 e. The van der Waals surface area contributed by atoms with Crippen LogP contribution < -0.4 is 20.4 Å². The van der Waals surface area contributed by atoms with E-state index >= 15 is 0 Å². The number of rotatable bonds is 6. The number of carbonyl (C=O) groups excluding carboxylic acids is 2. The van der Waals surface area contributed by atoms with Crippen molar-refractivity contribution < 1.29 is 27.7 Å². The normalized spacial score (nSPS) is 10.4. The number of hydrogen-bond acceptors (Lipinski definition) is 3. The van der Waals surface area contributed by atoms with Crippen LogP contribution >= 0.6 is 0 Å². The van der Waals surface area contributed by atoms with E-state index in [2.05, 4.69) is 10.1 Å². The van der Waals surface area contributed by atoms with Crippen LogP contribution in [0.3, 0.4) is 0 Å². The molecule has 0 spiro atoms. The molecular weight excluding hydrogens is 308 g/mol. The van der Waals surface area contributed by atoms with Gasteiger partial charge in [-0.2, -0.15) is 13.3 Å². The van der Waals surface area contributed by atoms with E-state index in [1.807, 2.05) is 0 Å². The Labute approximate surface area is 130 Å². The molecule has 1 aromatic heterocycles. The number of amides is 2. The Morgan fingerprint density at radius 3 is 2.52 bits per heavy atom. The molecule has 0 aliphatic carbocycles. The Kier molecular flexibility index (Phi) is 5.19. The third kappa shape index (κ3) is 5.03. The maximum atomic E-state index is 12.0. The lowest BCUT2D eigenvalue weighted by atomic mass is 10.2. The van der Waals surface area contributed by atoms with Crippen molar-refractivity contribution >= 4 is 17.5 Å². The van der Waals surface area contributed by atoms with Gasteiger partial charge in [-0.1, -0.05) is 0 Å². The van der Waals surface area contributed by atoms with Crippen LogP contribution in [0.5, 0.6) is 5.75 Å². The lowest BCUT2D eigenvalue weighted by Crippen LogP contribution is -2.40. The smallest absolute Gasteiger partial charge is 0.387 e. The van der Waals surface area contributed by atoms with E-state index in [9.17, 15) is 18.4 Å². The van der Waals surface area contributed by atoms with Crippen molar-refractivity contribution in [2.45, 2.75) is 13.2 Å². The van der Waals surface area contributed by atoms with Crippen LogP contribution in [0.25, 0.3) is 0 Å². The fraction of sp³-hybridized carbons (Fsp3) is 0.133. The molecule has 3 N–H and O–H groups in total. The predicted octanol–water partition coefficient (Wildman–Crippen LogP) is 1.31. The molecule has 0 unspecified atom stereocenters. The quantitative estimate of drug-likeness (QED) is 0.787. The number of hydrogen-bond donors (Lipinski definition) is 2. The highest BCUT2D eigenvalue weighted by Gasteiger charge is 2.12. The zero-order valence-corrected chi connectivity index (χ0v) is 11.9. The second kappa shape index (κ2) is 7.30. The van der Waals surface area contributed by atoms with E-state index in [1.165, 1.54) is 35.0 Å². The number of anilines is 1. The van der Waals surface area contributed by atoms with Crippen LogP contribution in [0.2, 0.25) is 0 Å². The maximum absolute atomic E-state index is 12.0. The van der Waals surface area contributed by atoms with Gasteiger partial charge in [-0.3, -0.25) is 9.59 Å². The molecule has 0 radical (unpaired) electrons. The average molecular weight is 322 g/mol. The molecule has 0 fully saturated rings. The lowest BCUT2D eigenvalue weighted by molar-refractivity contribution is -0.684. The third-order valence-electron chi connectivity index (χ3n) is 2.83. The zero-order chi connectivity index (χ0) is 16.8. The summed E-state index contributed by atoms with van der Waals surface area (Å²) in [6, 6.07) is 8.67. The molecule has 1 aromatic carbocycles. The SMILES string of the molecule is NC(=O)c1ccc[n+](CC(=O)Nc2ccc(OC(F)F)cc2)c1. The van der Waals surface area contributed by atoms with E-state index in [-0.39, 0.29) is 23.8 Å². The largest absolute Gasteiger partial charge is 0.435 e. The summed E-state index contributed by atoms with van der Waals surface area (Å²) in [6.07, 6.45) is 3.08. The molecule has 6 nitrogen and oxygen atoms in total. The Hall–Kier alpha value is -3.03. The summed E-state index contributed by atoms with van der Waals surface area (Å²) in [6.45, 7) is -2.93. The Morgan fingerprint density at radius 1 is 1.22 bits per heavy atom. The van der Waals surface area contributed by atoms with Crippen molar-refractivity contribution in [2.75, 3.05) is 5.32 Å². The molecule has 0 bridgehead atoms. The van der Waals surface area contributed by atoms with Gasteiger partial charge in [-0.05, 0) is 30.3 Å². The summed E-state index contributed by atoms with van der Waals surface area (Å²) in [7, 11) is 0. The highest BCUT2D eigenvalue weighted by molar-refractivity contribution is 5.92. The highest BCUT2D eigenvalue weighted by Crippen LogP contribution is 2.17. The van der Waals surface area contributed by atoms with Gasteiger partial charge in [0.25, 0.3) is 11.8 Å². The lowest BCUT2D eigenvalue weighted by Gasteiger charge is -2.06. The Bertz CT molecular complexity index is 705. The molecule has 0 atom stereocenters. The summed E-state index contributed by atoms with van der Waals surface area (Å²) in [5, 5.41) is 2.60. The first-order chi connectivity index (χ1) is 10.9. The highest BCUT2D eigenvalue weighted by atomic mass is 19.3. The number of primary amides is 1. The predicted molar refractivity (Wildman–Crippen MR) is 76.9 cm³/mol. The molecule has 23 heavy (non-hydrogen) atoms. The number of aromatic nitrogens is 1. The van der Waals surface area contributed by atoms with Crippen LogP contribution in [0.15, 0.2) is 48.8 Å². The molecule has 2 amide bonds. The van der Waals surface area contributed by atoms with Crippen LogP contribution in [0.4, 0.5) is 14.5 Å². The summed E-state index contributed by atoms with van der Waals surface area (Å²) in [5.41, 5.74) is 5.89. The second-order valence-corrected chi connectivity index (χ2v) is 4.58. The molecule has 2 aromatic rings. The number of nitrogens with two attached hydrogens (primary N) is 1. The number of nitrogens with zero attached hydrogens (tertiary/aromatic N) is 1. The zero-order valence-electron chi connectivity index (χ0n) is 11.9. The fourth-order valence-electron chi connectivity index (χ4n) is 1.85. The summed E-state index contributed by atoms with van der Waals surface area (Å²) < 4.78 is 29.8. The minimum absolute atomic E-state index is 0.00142. The molecular formula is C15H14F2N3O3+. The first kappa shape index (κ1) is 16.3. The molecule has 0 saturated heterocycles. The van der Waals surface area contributed by atoms with Gasteiger partial charge < -0.3 is 15.8 Å². The fourth-order valence-corrected chi connectivity index (χ4v) is 1.85. The number of nitrogens with one attached hydrogen (secondary N) is 1. The molecule has 1 heterocycles. The number of carbonyl (C=O) groups is 2. The van der Waals surface area contributed by atoms with Crippen molar-refractivity contribution in [1.82, 2.24) is 0 Å². The van der Waals surface area contributed by atoms with E-state index in [1.54, 1.807) is 18.3 Å². The van der Waals surface area contributed by atoms with Gasteiger partial charge >= 0.3 is 6.61 Å². The first-order valence-corrected chi connectivity index (χ1v) is 6.57. The average Bonchev–Trinajstić information content (AvgIpc) is 2.49. The number of pyridine rings is 1. The van der Waals surface area contributed by atoms with Gasteiger partial charge in [-0.15, -0.1) is 0 Å². The molecule has 0 aliphatic heterocycles. The van der Waals surface area contributed by atoms with Gasteiger partial charge in [0.05, 0.1) is 0 Å². The van der Waals surface area contributed by atoms with Crippen molar-refractivity contribution in [3.63, 3.8) is 0 Å². The number of benzene rings is 1. The monoisotopic (exact) mass is 322 g/mol. The minimum Gasteiger partial charge on any atom is -0.435 e. The van der Waals surface area contributed by atoms with E-state index in [0.29, 0.717) is 5.69 Å². The van der Waals surface area contributed by atoms with E-state index in [4.69, 9.17) is 5.73 Å². The molecule has 8 heteroatoms. The molecule has 0 aliphatic rings. The standard InChI is InChI=1S/C15H13F2N3O3/c16-15(17)23-12-5-3-11(4-6-12)19-13(21)9-20-7-1-2-10(8-20)14(18)22/h1-8,15H,9H2,(H2-,18,19,21,22)/p+1. The van der Waals surface area contributed by atoms with Crippen LogP contribution in [0, 0.1) is 0 Å². The topological polar surface area (TPSA) is 85.3 Å². The van der Waals surface area contributed by atoms with Crippen LogP contribution in [-0.4, -0.2) is 18.4 Å². The van der Waals surface area contributed by atoms with Gasteiger partial charge in [-0.25, -0.2) is 0 Å². The van der Waals surface area contributed by atoms with Crippen molar-refractivity contribution in [2.24, 2.45) is 5.73 Å². The third-order valence-corrected chi connectivity index (χ3v) is 2.83. The molecule has 2 rings (SSSR count). The van der Waals surface area contributed by atoms with Gasteiger partial charge in [0.1, 0.15) is 11.3 Å². The van der Waals surface area contributed by atoms with Gasteiger partial charge in [0.2, 0.25) is 6.54 Å². The number of alkyl halides is 2. The summed E-state index contributed by atoms with van der Waals surface area (Å²) in [5.74, 6) is -0.935. The number of halogens is 2. The minimum atomic E-state index is -2.90.